The van der Waals surface area contributed by atoms with Crippen LogP contribution in [0.1, 0.15) is 25.3 Å². The number of hydrogen-bond acceptors (Lipinski definition) is 5. The lowest BCUT2D eigenvalue weighted by Crippen LogP contribution is -2.42. The van der Waals surface area contributed by atoms with E-state index < -0.39 is 10.0 Å². The van der Waals surface area contributed by atoms with E-state index in [9.17, 15) is 13.2 Å². The highest BCUT2D eigenvalue weighted by atomic mass is 32.2. The molecule has 1 amide bonds. The molecule has 0 saturated carbocycles. The van der Waals surface area contributed by atoms with E-state index in [4.69, 9.17) is 0 Å². The van der Waals surface area contributed by atoms with Crippen LogP contribution in [-0.4, -0.2) is 45.8 Å². The Kier molecular flexibility index (Phi) is 6.97. The summed E-state index contributed by atoms with van der Waals surface area (Å²) in [5.74, 6) is 0.0878. The van der Waals surface area contributed by atoms with Gasteiger partial charge in [-0.3, -0.25) is 4.79 Å². The average Bonchev–Trinajstić information content (AvgIpc) is 3.27. The molecule has 158 valence electrons. The third-order valence-corrected chi connectivity index (χ3v) is 8.90. The molecule has 0 unspecified atom stereocenters. The van der Waals surface area contributed by atoms with Gasteiger partial charge in [0.15, 0.2) is 0 Å². The molecule has 0 radical (unpaired) electrons. The van der Waals surface area contributed by atoms with Gasteiger partial charge in [0.05, 0.1) is 0 Å². The molecule has 1 saturated heterocycles. The van der Waals surface area contributed by atoms with Gasteiger partial charge in [-0.2, -0.15) is 4.31 Å². The van der Waals surface area contributed by atoms with Crippen LogP contribution < -0.4 is 10.2 Å². The van der Waals surface area contributed by atoms with Crippen molar-refractivity contribution in [2.45, 2.75) is 30.5 Å². The number of thiophene rings is 1. The number of amides is 1. The highest BCUT2D eigenvalue weighted by Gasteiger charge is 2.33. The number of carbonyl (C=O) groups is 1. The van der Waals surface area contributed by atoms with Crippen LogP contribution in [0.3, 0.4) is 0 Å². The molecule has 3 rings (SSSR count). The lowest BCUT2D eigenvalue weighted by atomic mass is 9.85. The Hall–Kier alpha value is -1.90. The molecule has 1 N–H and O–H groups in total. The van der Waals surface area contributed by atoms with Crippen molar-refractivity contribution in [3.8, 4) is 0 Å². The summed E-state index contributed by atoms with van der Waals surface area (Å²) in [5.41, 5.74) is 2.19. The van der Waals surface area contributed by atoms with Crippen molar-refractivity contribution in [3.63, 3.8) is 0 Å². The van der Waals surface area contributed by atoms with Crippen molar-refractivity contribution in [1.29, 1.82) is 0 Å². The molecular weight excluding hydrogens is 406 g/mol. The molecule has 0 spiro atoms. The highest BCUT2D eigenvalue weighted by Crippen LogP contribution is 2.30. The fourth-order valence-corrected chi connectivity index (χ4v) is 6.24. The summed E-state index contributed by atoms with van der Waals surface area (Å²) >= 11 is 1.25. The summed E-state index contributed by atoms with van der Waals surface area (Å²) in [5, 5.41) is 4.80. The van der Waals surface area contributed by atoms with Gasteiger partial charge in [0.1, 0.15) is 4.21 Å². The molecule has 1 atom stereocenters. The quantitative estimate of drug-likeness (QED) is 0.725. The second kappa shape index (κ2) is 9.28. The molecule has 2 heterocycles. The van der Waals surface area contributed by atoms with E-state index in [2.05, 4.69) is 5.32 Å². The van der Waals surface area contributed by atoms with E-state index in [0.29, 0.717) is 36.7 Å². The third-order valence-electron chi connectivity index (χ3n) is 5.63. The summed E-state index contributed by atoms with van der Waals surface area (Å²) in [4.78, 5) is 14.6. The predicted octanol–water partition coefficient (Wildman–Crippen LogP) is 3.17. The van der Waals surface area contributed by atoms with Crippen molar-refractivity contribution >= 4 is 33.0 Å². The summed E-state index contributed by atoms with van der Waals surface area (Å²) < 4.78 is 27.2. The van der Waals surface area contributed by atoms with E-state index in [1.54, 1.807) is 21.8 Å². The largest absolute Gasteiger partial charge is 0.378 e. The minimum absolute atomic E-state index is 0.0289. The van der Waals surface area contributed by atoms with Gasteiger partial charge in [0.2, 0.25) is 5.91 Å². The summed E-state index contributed by atoms with van der Waals surface area (Å²) in [6, 6.07) is 11.5. The van der Waals surface area contributed by atoms with Crippen molar-refractivity contribution in [3.05, 3.63) is 47.3 Å². The zero-order chi connectivity index (χ0) is 21.0. The second-order valence-corrected chi connectivity index (χ2v) is 10.9. The topological polar surface area (TPSA) is 69.7 Å². The standard InChI is InChI=1S/C21H29N3O3S2/c1-16(21(25)22-15-17-6-8-19(9-7-17)23(2)3)18-10-12-24(13-11-18)29(26,27)20-5-4-14-28-20/h4-9,14,16,18H,10-13,15H2,1-3H3,(H,22,25)/t16-/m1/s1. The number of nitrogens with one attached hydrogen (secondary N) is 1. The normalized spacial score (nSPS) is 17.1. The van der Waals surface area contributed by atoms with Gasteiger partial charge in [0, 0.05) is 45.3 Å². The Balaban J connectivity index is 1.49. The molecule has 6 nitrogen and oxygen atoms in total. The number of anilines is 1. The van der Waals surface area contributed by atoms with Gasteiger partial charge in [-0.05, 0) is 47.9 Å². The number of piperidine rings is 1. The van der Waals surface area contributed by atoms with Crippen molar-refractivity contribution in [1.82, 2.24) is 9.62 Å². The average molecular weight is 436 g/mol. The van der Waals surface area contributed by atoms with E-state index in [-0.39, 0.29) is 17.7 Å². The Morgan fingerprint density at radius 1 is 1.21 bits per heavy atom. The summed E-state index contributed by atoms with van der Waals surface area (Å²) in [6.07, 6.45) is 1.41. The summed E-state index contributed by atoms with van der Waals surface area (Å²) in [7, 11) is 0.595. The van der Waals surface area contributed by atoms with E-state index in [1.165, 1.54) is 11.3 Å². The molecule has 1 aromatic heterocycles. The van der Waals surface area contributed by atoms with Crippen LogP contribution in [0.5, 0.6) is 0 Å². The maximum absolute atomic E-state index is 12.6. The number of carbonyl (C=O) groups excluding carboxylic acids is 1. The maximum atomic E-state index is 12.6. The first kappa shape index (κ1) is 21.8. The Morgan fingerprint density at radius 3 is 2.41 bits per heavy atom. The molecule has 0 bridgehead atoms. The zero-order valence-corrected chi connectivity index (χ0v) is 18.8. The minimum atomic E-state index is -3.40. The molecule has 0 aliphatic carbocycles. The molecular formula is C21H29N3O3S2. The third kappa shape index (κ3) is 5.18. The molecule has 8 heteroatoms. The Bertz CT molecular complexity index is 901. The second-order valence-electron chi connectivity index (χ2n) is 7.74. The zero-order valence-electron chi connectivity index (χ0n) is 17.2. The van der Waals surface area contributed by atoms with Gasteiger partial charge in [0.25, 0.3) is 10.0 Å². The SMILES string of the molecule is C[C@@H](C(=O)NCc1ccc(N(C)C)cc1)C1CCN(S(=O)(=O)c2cccs2)CC1. The van der Waals surface area contributed by atoms with Gasteiger partial charge in [-0.1, -0.05) is 25.1 Å². The number of benzene rings is 1. The lowest BCUT2D eigenvalue weighted by molar-refractivity contribution is -0.126. The van der Waals surface area contributed by atoms with E-state index >= 15 is 0 Å². The predicted molar refractivity (Wildman–Crippen MR) is 118 cm³/mol. The van der Waals surface area contributed by atoms with Gasteiger partial charge < -0.3 is 10.2 Å². The smallest absolute Gasteiger partial charge is 0.252 e. The van der Waals surface area contributed by atoms with Crippen LogP contribution in [0.2, 0.25) is 0 Å². The Morgan fingerprint density at radius 2 is 1.86 bits per heavy atom. The molecule has 1 aliphatic heterocycles. The van der Waals surface area contributed by atoms with Gasteiger partial charge >= 0.3 is 0 Å². The number of rotatable bonds is 7. The monoisotopic (exact) mass is 435 g/mol. The fraction of sp³-hybridized carbons (Fsp3) is 0.476. The van der Waals surface area contributed by atoms with Crippen molar-refractivity contribution in [2.24, 2.45) is 11.8 Å². The van der Waals surface area contributed by atoms with Crippen LogP contribution >= 0.6 is 11.3 Å². The molecule has 1 fully saturated rings. The first-order valence-electron chi connectivity index (χ1n) is 9.86. The van der Waals surface area contributed by atoms with Crippen LogP contribution in [0.25, 0.3) is 0 Å². The minimum Gasteiger partial charge on any atom is -0.378 e. The van der Waals surface area contributed by atoms with Crippen LogP contribution in [0.15, 0.2) is 46.0 Å². The summed E-state index contributed by atoms with van der Waals surface area (Å²) in [6.45, 7) is 3.38. The fourth-order valence-electron chi connectivity index (χ4n) is 3.63. The van der Waals surface area contributed by atoms with Gasteiger partial charge in [-0.15, -0.1) is 11.3 Å². The van der Waals surface area contributed by atoms with Gasteiger partial charge in [-0.25, -0.2) is 8.42 Å². The van der Waals surface area contributed by atoms with E-state index in [0.717, 1.165) is 11.3 Å². The van der Waals surface area contributed by atoms with Crippen molar-refractivity contribution < 1.29 is 13.2 Å². The lowest BCUT2D eigenvalue weighted by Gasteiger charge is -2.33. The highest BCUT2D eigenvalue weighted by molar-refractivity contribution is 7.91. The van der Waals surface area contributed by atoms with Crippen molar-refractivity contribution in [2.75, 3.05) is 32.1 Å². The number of sulfonamides is 1. The molecule has 29 heavy (non-hydrogen) atoms. The van der Waals surface area contributed by atoms with Crippen LogP contribution in [0, 0.1) is 11.8 Å². The first-order valence-corrected chi connectivity index (χ1v) is 12.2. The van der Waals surface area contributed by atoms with E-state index in [1.807, 2.05) is 50.2 Å². The number of nitrogens with zero attached hydrogens (tertiary/aromatic N) is 2. The van der Waals surface area contributed by atoms with Crippen LogP contribution in [0.4, 0.5) is 5.69 Å². The number of hydrogen-bond donors (Lipinski definition) is 1. The first-order chi connectivity index (χ1) is 13.8. The maximum Gasteiger partial charge on any atom is 0.252 e. The van der Waals surface area contributed by atoms with Crippen LogP contribution in [-0.2, 0) is 21.4 Å². The Labute approximate surface area is 177 Å². The molecule has 1 aromatic carbocycles. The molecule has 1 aliphatic rings. The molecule has 2 aromatic rings.